The number of rotatable bonds is 10. The highest BCUT2D eigenvalue weighted by molar-refractivity contribution is 7.67. The van der Waals surface area contributed by atoms with E-state index in [1.165, 1.54) is 0 Å². The topological polar surface area (TPSA) is 184 Å². The molecule has 0 radical (unpaired) electrons. The van der Waals surface area contributed by atoms with Crippen molar-refractivity contribution in [2.45, 2.75) is 18.9 Å². The first kappa shape index (κ1) is 35.3. The summed E-state index contributed by atoms with van der Waals surface area (Å²) in [5.74, 6) is -1.79. The van der Waals surface area contributed by atoms with Crippen LogP contribution in [0.5, 0.6) is 5.75 Å². The van der Waals surface area contributed by atoms with Crippen molar-refractivity contribution in [2.75, 3.05) is 6.16 Å². The number of hydrogen-bond acceptors (Lipinski definition) is 10. The summed E-state index contributed by atoms with van der Waals surface area (Å²) in [5.41, 5.74) is 2.31. The van der Waals surface area contributed by atoms with Gasteiger partial charge in [0.15, 0.2) is 5.58 Å². The van der Waals surface area contributed by atoms with Gasteiger partial charge in [0.05, 0.1) is 17.9 Å². The molecule has 0 spiro atoms. The molecule has 0 bridgehead atoms. The van der Waals surface area contributed by atoms with Crippen LogP contribution in [0.25, 0.3) is 32.6 Å². The molecule has 0 saturated carbocycles. The first-order chi connectivity index (χ1) is 23.1. The van der Waals surface area contributed by atoms with Gasteiger partial charge in [-0.3, -0.25) is 23.7 Å². The van der Waals surface area contributed by atoms with Crippen LogP contribution in [0.3, 0.4) is 0 Å². The molecule has 246 valence electrons. The summed E-state index contributed by atoms with van der Waals surface area (Å²) in [5, 5.41) is 20.3. The Hall–Kier alpha value is -5.57. The van der Waals surface area contributed by atoms with Crippen molar-refractivity contribution >= 4 is 66.7 Å². The SMILES string of the molecule is C=C(CC(=O)O)OC=O.O=COC(CC(=O)O)CP1(=O)Oc2ccccc2-c2ccccc21.O=[p+]1oc2ccccc2c2ccccc21. The van der Waals surface area contributed by atoms with Gasteiger partial charge in [0.1, 0.15) is 24.0 Å². The number of carboxylic acids is 2. The number of ether oxygens (including phenoxy) is 2. The summed E-state index contributed by atoms with van der Waals surface area (Å²) >= 11 is 0. The van der Waals surface area contributed by atoms with E-state index in [2.05, 4.69) is 11.3 Å². The molecule has 0 fully saturated rings. The third-order valence-corrected chi connectivity index (χ3v) is 10.5. The predicted octanol–water partition coefficient (Wildman–Crippen LogP) is 7.14. The molecule has 48 heavy (non-hydrogen) atoms. The van der Waals surface area contributed by atoms with Crippen LogP contribution in [0.2, 0.25) is 0 Å². The van der Waals surface area contributed by atoms with Gasteiger partial charge in [-0.1, -0.05) is 73.3 Å². The van der Waals surface area contributed by atoms with Crippen molar-refractivity contribution in [1.29, 1.82) is 0 Å². The highest BCUT2D eigenvalue weighted by Crippen LogP contribution is 2.55. The number of para-hydroxylation sites is 2. The zero-order valence-electron chi connectivity index (χ0n) is 25.2. The Balaban J connectivity index is 0.000000184. The van der Waals surface area contributed by atoms with E-state index in [-0.39, 0.29) is 31.3 Å². The van der Waals surface area contributed by atoms with Crippen molar-refractivity contribution in [1.82, 2.24) is 0 Å². The summed E-state index contributed by atoms with van der Waals surface area (Å²) in [6, 6.07) is 29.7. The van der Waals surface area contributed by atoms with Gasteiger partial charge in [-0.25, -0.2) is 4.20 Å². The lowest BCUT2D eigenvalue weighted by molar-refractivity contribution is -0.143. The maximum atomic E-state index is 13.5. The minimum Gasteiger partial charge on any atom is -0.481 e. The zero-order chi connectivity index (χ0) is 34.7. The lowest BCUT2D eigenvalue weighted by atomic mass is 10.0. The minimum atomic E-state index is -3.43. The fourth-order valence-corrected chi connectivity index (χ4v) is 8.36. The van der Waals surface area contributed by atoms with E-state index in [1.54, 1.807) is 24.3 Å². The number of benzene rings is 4. The van der Waals surface area contributed by atoms with Crippen LogP contribution >= 0.6 is 15.0 Å². The summed E-state index contributed by atoms with van der Waals surface area (Å²) in [4.78, 5) is 40.9. The maximum absolute atomic E-state index is 13.5. The molecule has 0 amide bonds. The number of carbonyl (C=O) groups is 4. The van der Waals surface area contributed by atoms with Gasteiger partial charge in [0.2, 0.25) is 5.12 Å². The lowest BCUT2D eigenvalue weighted by Crippen LogP contribution is -2.28. The molecule has 2 N–H and O–H groups in total. The normalized spacial score (nSPS) is 15.0. The standard InChI is InChI=1S/C17H15O6P.C12H8O2P.C5H6O4/c18-11-22-12(9-17(19)20)10-24(21)16-8-4-2-6-14(16)13-5-1-3-7-15(13)23-24;13-15-12-8-4-2-6-10(12)9-5-1-3-7-11(9)14-15;1-4(9-3-6)2-5(7)8/h1-8,11-12H,9-10H2,(H,19,20);1-8H;3H,1-2H2,(H,7,8)/q;+1;. The third kappa shape index (κ3) is 8.82. The number of hydrogen-bond donors (Lipinski definition) is 2. The smallest absolute Gasteiger partial charge is 0.481 e. The van der Waals surface area contributed by atoms with E-state index in [0.717, 1.165) is 27.0 Å². The van der Waals surface area contributed by atoms with E-state index in [9.17, 15) is 28.3 Å². The average molecular weight is 692 g/mol. The van der Waals surface area contributed by atoms with E-state index in [0.29, 0.717) is 16.6 Å². The Morgan fingerprint density at radius 3 is 2.15 bits per heavy atom. The second-order valence-electron chi connectivity index (χ2n) is 10.1. The summed E-state index contributed by atoms with van der Waals surface area (Å²) < 4.78 is 45.3. The van der Waals surface area contributed by atoms with Crippen molar-refractivity contribution in [3.8, 4) is 16.9 Å². The number of carbonyl (C=O) groups excluding carboxylic acids is 2. The molecule has 0 saturated heterocycles. The summed E-state index contributed by atoms with van der Waals surface area (Å²) in [6.07, 6.45) is -1.98. The number of fused-ring (bicyclic) bond motifs is 6. The monoisotopic (exact) mass is 691 g/mol. The van der Waals surface area contributed by atoms with Crippen LogP contribution in [0, 0.1) is 0 Å². The Morgan fingerprint density at radius 2 is 1.46 bits per heavy atom. The van der Waals surface area contributed by atoms with Crippen LogP contribution < -0.4 is 9.83 Å². The molecular formula is C34H29O12P2+. The summed E-state index contributed by atoms with van der Waals surface area (Å²) in [6.45, 7) is 3.46. The van der Waals surface area contributed by atoms with Gasteiger partial charge in [-0.05, 0) is 40.5 Å². The minimum absolute atomic E-state index is 0.0579. The molecular weight excluding hydrogens is 662 g/mol. The molecule has 6 rings (SSSR count). The molecule has 14 heteroatoms. The third-order valence-electron chi connectivity index (χ3n) is 6.81. The molecule has 4 aromatic carbocycles. The van der Waals surface area contributed by atoms with E-state index in [4.69, 9.17) is 23.7 Å². The van der Waals surface area contributed by atoms with Gasteiger partial charge in [-0.15, -0.1) is 0 Å². The molecule has 0 aliphatic carbocycles. The van der Waals surface area contributed by atoms with Crippen LogP contribution in [-0.4, -0.2) is 47.4 Å². The molecule has 1 aliphatic rings. The second kappa shape index (κ2) is 16.3. The van der Waals surface area contributed by atoms with Crippen LogP contribution in [0.1, 0.15) is 12.8 Å². The zero-order valence-corrected chi connectivity index (χ0v) is 27.0. The van der Waals surface area contributed by atoms with Crippen molar-refractivity contribution in [3.05, 3.63) is 109 Å². The average Bonchev–Trinajstić information content (AvgIpc) is 3.05. The van der Waals surface area contributed by atoms with E-state index < -0.39 is 39.5 Å². The molecule has 3 unspecified atom stereocenters. The van der Waals surface area contributed by atoms with Gasteiger partial charge in [0, 0.05) is 16.3 Å². The van der Waals surface area contributed by atoms with E-state index in [1.807, 2.05) is 72.8 Å². The predicted molar refractivity (Wildman–Crippen MR) is 178 cm³/mol. The van der Waals surface area contributed by atoms with Crippen LogP contribution in [-0.2, 0) is 37.8 Å². The Bertz CT molecular complexity index is 2090. The molecule has 5 aromatic rings. The van der Waals surface area contributed by atoms with Gasteiger partial charge in [0.25, 0.3) is 20.3 Å². The first-order valence-electron chi connectivity index (χ1n) is 14.2. The lowest BCUT2D eigenvalue weighted by Gasteiger charge is -2.30. The fraction of sp³-hybridized carbons (Fsp3) is 0.118. The number of aliphatic carboxylic acids is 2. The highest BCUT2D eigenvalue weighted by atomic mass is 31.2. The van der Waals surface area contributed by atoms with E-state index >= 15 is 0 Å². The highest BCUT2D eigenvalue weighted by Gasteiger charge is 2.39. The van der Waals surface area contributed by atoms with Gasteiger partial charge < -0.3 is 24.2 Å². The summed E-state index contributed by atoms with van der Waals surface area (Å²) in [7, 11) is -5.17. The molecule has 3 atom stereocenters. The fourth-order valence-electron chi connectivity index (χ4n) is 4.85. The van der Waals surface area contributed by atoms with Crippen LogP contribution in [0.15, 0.2) is 114 Å². The second-order valence-corrected chi connectivity index (χ2v) is 13.7. The Kier molecular flexibility index (Phi) is 12.0. The quantitative estimate of drug-likeness (QED) is 0.0654. The molecule has 1 aliphatic heterocycles. The largest absolute Gasteiger partial charge is 0.597 e. The number of carboxylic acid groups (broad SMARTS) is 2. The van der Waals surface area contributed by atoms with Crippen molar-refractivity contribution in [3.63, 3.8) is 0 Å². The maximum Gasteiger partial charge on any atom is 0.597 e. The van der Waals surface area contributed by atoms with Gasteiger partial charge >= 0.3 is 19.6 Å². The van der Waals surface area contributed by atoms with Crippen LogP contribution in [0.4, 0.5) is 0 Å². The van der Waals surface area contributed by atoms with Crippen molar-refractivity contribution in [2.24, 2.45) is 0 Å². The molecule has 2 heterocycles. The van der Waals surface area contributed by atoms with Gasteiger partial charge in [-0.2, -0.15) is 0 Å². The Morgan fingerprint density at radius 1 is 0.833 bits per heavy atom. The molecule has 1 aromatic heterocycles. The Labute approximate surface area is 274 Å². The first-order valence-corrected chi connectivity index (χ1v) is 17.2. The van der Waals surface area contributed by atoms with Crippen molar-refractivity contribution < 1.29 is 56.7 Å². The molecule has 12 nitrogen and oxygen atoms in total.